The molecule has 0 aliphatic carbocycles. The van der Waals surface area contributed by atoms with Crippen molar-refractivity contribution in [3.8, 4) is 0 Å². The lowest BCUT2D eigenvalue weighted by Crippen LogP contribution is -2.37. The predicted molar refractivity (Wildman–Crippen MR) is 93.4 cm³/mol. The number of likely N-dealkylation sites (tertiary alicyclic amines) is 1. The Balaban J connectivity index is 2.00. The highest BCUT2D eigenvalue weighted by molar-refractivity contribution is 7.99. The van der Waals surface area contributed by atoms with Crippen LogP contribution in [-0.4, -0.2) is 44.4 Å². The van der Waals surface area contributed by atoms with E-state index in [0.29, 0.717) is 11.0 Å². The van der Waals surface area contributed by atoms with Crippen LogP contribution in [0.3, 0.4) is 0 Å². The van der Waals surface area contributed by atoms with Crippen molar-refractivity contribution >= 4 is 22.8 Å². The molecule has 0 saturated carbocycles. The average Bonchev–Trinajstić information content (AvgIpc) is 3.05. The molecule has 3 rings (SSSR count). The maximum atomic E-state index is 12.6. The van der Waals surface area contributed by atoms with Crippen LogP contribution in [0.5, 0.6) is 0 Å². The molecule has 1 fully saturated rings. The second-order valence-corrected chi connectivity index (χ2v) is 7.18. The van der Waals surface area contributed by atoms with E-state index in [2.05, 4.69) is 9.88 Å². The quantitative estimate of drug-likeness (QED) is 0.785. The van der Waals surface area contributed by atoms with Crippen LogP contribution in [0, 0.1) is 6.92 Å². The molecule has 1 aliphatic rings. The third-order valence-corrected chi connectivity index (χ3v) is 5.65. The van der Waals surface area contributed by atoms with Gasteiger partial charge in [0.05, 0.1) is 5.39 Å². The first-order valence-corrected chi connectivity index (χ1v) is 8.89. The van der Waals surface area contributed by atoms with Crippen molar-refractivity contribution < 1.29 is 0 Å². The van der Waals surface area contributed by atoms with Crippen molar-refractivity contribution in [3.63, 3.8) is 0 Å². The zero-order chi connectivity index (χ0) is 16.6. The largest absolute Gasteiger partial charge is 0.332 e. The average molecular weight is 334 g/mol. The van der Waals surface area contributed by atoms with Gasteiger partial charge in [0.25, 0.3) is 5.56 Å². The van der Waals surface area contributed by atoms with Gasteiger partial charge >= 0.3 is 5.69 Å². The number of aryl methyl sites for hydroxylation is 2. The van der Waals surface area contributed by atoms with Crippen molar-refractivity contribution in [2.75, 3.05) is 25.4 Å². The van der Waals surface area contributed by atoms with Gasteiger partial charge in [0.15, 0.2) is 0 Å². The Labute approximate surface area is 139 Å². The number of pyridine rings is 1. The van der Waals surface area contributed by atoms with Crippen LogP contribution in [0.2, 0.25) is 0 Å². The highest BCUT2D eigenvalue weighted by Gasteiger charge is 2.17. The van der Waals surface area contributed by atoms with Crippen molar-refractivity contribution in [3.05, 3.63) is 32.6 Å². The Bertz CT molecular complexity index is 850. The summed E-state index contributed by atoms with van der Waals surface area (Å²) in [6.45, 7) is 5.34. The third-order valence-electron chi connectivity index (χ3n) is 4.45. The normalized spacial score (nSPS) is 15.6. The second-order valence-electron chi connectivity index (χ2n) is 6.07. The molecule has 0 radical (unpaired) electrons. The van der Waals surface area contributed by atoms with Crippen LogP contribution >= 0.6 is 11.8 Å². The molecule has 1 aliphatic heterocycles. The summed E-state index contributed by atoms with van der Waals surface area (Å²) in [5.41, 5.74) is 0.849. The van der Waals surface area contributed by atoms with Crippen LogP contribution in [0.15, 0.2) is 20.7 Å². The molecule has 0 N–H and O–H groups in total. The van der Waals surface area contributed by atoms with Crippen LogP contribution in [0.1, 0.15) is 18.4 Å². The summed E-state index contributed by atoms with van der Waals surface area (Å²) >= 11 is 1.69. The number of hydrogen-bond donors (Lipinski definition) is 0. The predicted octanol–water partition coefficient (Wildman–Crippen LogP) is 1.13. The summed E-state index contributed by atoms with van der Waals surface area (Å²) in [6, 6.07) is 0. The van der Waals surface area contributed by atoms with Gasteiger partial charge in [-0.1, -0.05) is 0 Å². The minimum absolute atomic E-state index is 0.261. The lowest BCUT2D eigenvalue weighted by molar-refractivity contribution is 0.362. The van der Waals surface area contributed by atoms with Gasteiger partial charge in [0.1, 0.15) is 5.65 Å². The molecule has 23 heavy (non-hydrogen) atoms. The number of fused-ring (bicyclic) bond motifs is 1. The Hall–Kier alpha value is -1.60. The zero-order valence-electron chi connectivity index (χ0n) is 13.8. The molecule has 2 aromatic rings. The summed E-state index contributed by atoms with van der Waals surface area (Å²) < 4.78 is 2.61. The van der Waals surface area contributed by atoms with Gasteiger partial charge in [0, 0.05) is 37.5 Å². The van der Waals surface area contributed by atoms with Crippen molar-refractivity contribution in [2.24, 2.45) is 14.1 Å². The van der Waals surface area contributed by atoms with E-state index in [1.165, 1.54) is 37.5 Å². The maximum Gasteiger partial charge on any atom is 0.332 e. The first-order valence-electron chi connectivity index (χ1n) is 7.91. The molecule has 3 heterocycles. The Morgan fingerprint density at radius 2 is 1.87 bits per heavy atom. The summed E-state index contributed by atoms with van der Waals surface area (Å²) in [7, 11) is 3.18. The minimum atomic E-state index is -0.341. The molecule has 0 spiro atoms. The fourth-order valence-electron chi connectivity index (χ4n) is 3.07. The molecule has 0 aromatic carbocycles. The molecule has 2 aromatic heterocycles. The van der Waals surface area contributed by atoms with Crippen LogP contribution in [0.4, 0.5) is 0 Å². The van der Waals surface area contributed by atoms with E-state index in [-0.39, 0.29) is 11.2 Å². The van der Waals surface area contributed by atoms with E-state index in [0.717, 1.165) is 27.3 Å². The Kier molecular flexibility index (Phi) is 4.59. The van der Waals surface area contributed by atoms with Gasteiger partial charge < -0.3 is 4.90 Å². The SMILES string of the molecule is Cc1cnc2c(c1SCCN1CCCC1)c(=O)n(C)c(=O)n2C. The Morgan fingerprint density at radius 3 is 2.57 bits per heavy atom. The minimum Gasteiger partial charge on any atom is -0.303 e. The zero-order valence-corrected chi connectivity index (χ0v) is 14.7. The molecule has 0 bridgehead atoms. The van der Waals surface area contributed by atoms with E-state index in [1.54, 1.807) is 25.0 Å². The summed E-state index contributed by atoms with van der Waals surface area (Å²) in [6.07, 6.45) is 4.31. The number of rotatable bonds is 4. The standard InChI is InChI=1S/C16H22N4O2S/c1-11-10-17-14-12(15(21)19(3)16(22)18(14)2)13(11)23-9-8-20-6-4-5-7-20/h10H,4-9H2,1-3H3. The number of hydrogen-bond acceptors (Lipinski definition) is 5. The molecule has 6 nitrogen and oxygen atoms in total. The molecular formula is C16H22N4O2S. The summed E-state index contributed by atoms with van der Waals surface area (Å²) in [4.78, 5) is 32.4. The molecule has 0 amide bonds. The Morgan fingerprint density at radius 1 is 1.17 bits per heavy atom. The summed E-state index contributed by atoms with van der Waals surface area (Å²) in [5.74, 6) is 0.936. The number of aromatic nitrogens is 3. The lowest BCUT2D eigenvalue weighted by atomic mass is 10.2. The van der Waals surface area contributed by atoms with Crippen LogP contribution in [-0.2, 0) is 14.1 Å². The molecule has 7 heteroatoms. The monoisotopic (exact) mass is 334 g/mol. The fraction of sp³-hybridized carbons (Fsp3) is 0.562. The summed E-state index contributed by atoms with van der Waals surface area (Å²) in [5, 5.41) is 0.557. The van der Waals surface area contributed by atoms with E-state index < -0.39 is 0 Å². The van der Waals surface area contributed by atoms with Gasteiger partial charge in [0.2, 0.25) is 0 Å². The maximum absolute atomic E-state index is 12.6. The highest BCUT2D eigenvalue weighted by Crippen LogP contribution is 2.27. The van der Waals surface area contributed by atoms with Crippen molar-refractivity contribution in [1.82, 2.24) is 19.0 Å². The first kappa shape index (κ1) is 16.3. The lowest BCUT2D eigenvalue weighted by Gasteiger charge is -2.16. The van der Waals surface area contributed by atoms with Crippen molar-refractivity contribution in [2.45, 2.75) is 24.7 Å². The van der Waals surface area contributed by atoms with E-state index in [1.807, 2.05) is 6.92 Å². The van der Waals surface area contributed by atoms with E-state index in [4.69, 9.17) is 0 Å². The van der Waals surface area contributed by atoms with Gasteiger partial charge in [-0.05, 0) is 38.4 Å². The molecule has 0 unspecified atom stereocenters. The number of nitrogens with zero attached hydrogens (tertiary/aromatic N) is 4. The van der Waals surface area contributed by atoms with Crippen molar-refractivity contribution in [1.29, 1.82) is 0 Å². The van der Waals surface area contributed by atoms with E-state index in [9.17, 15) is 9.59 Å². The van der Waals surface area contributed by atoms with Crippen LogP contribution in [0.25, 0.3) is 11.0 Å². The second kappa shape index (κ2) is 6.49. The molecule has 124 valence electrons. The van der Waals surface area contributed by atoms with Gasteiger partial charge in [-0.15, -0.1) is 11.8 Å². The fourth-order valence-corrected chi connectivity index (χ4v) is 4.22. The topological polar surface area (TPSA) is 60.1 Å². The molecule has 1 saturated heterocycles. The highest BCUT2D eigenvalue weighted by atomic mass is 32.2. The van der Waals surface area contributed by atoms with Gasteiger partial charge in [-0.2, -0.15) is 0 Å². The molecular weight excluding hydrogens is 312 g/mol. The van der Waals surface area contributed by atoms with Gasteiger partial charge in [-0.3, -0.25) is 13.9 Å². The third kappa shape index (κ3) is 2.95. The van der Waals surface area contributed by atoms with E-state index >= 15 is 0 Å². The molecule has 0 atom stereocenters. The van der Waals surface area contributed by atoms with Crippen LogP contribution < -0.4 is 11.2 Å². The first-order chi connectivity index (χ1) is 11.0. The number of thioether (sulfide) groups is 1. The smallest absolute Gasteiger partial charge is 0.303 e. The van der Waals surface area contributed by atoms with Gasteiger partial charge in [-0.25, -0.2) is 9.78 Å².